The van der Waals surface area contributed by atoms with E-state index in [4.69, 9.17) is 9.47 Å². The molecule has 124 valence electrons. The van der Waals surface area contributed by atoms with Gasteiger partial charge in [0, 0.05) is 6.92 Å². The van der Waals surface area contributed by atoms with Crippen molar-refractivity contribution in [3.8, 4) is 0 Å². The fourth-order valence-corrected chi connectivity index (χ4v) is 3.90. The summed E-state index contributed by atoms with van der Waals surface area (Å²) < 4.78 is 11.0. The first-order valence-electron chi connectivity index (χ1n) is 7.88. The molecule has 4 rings (SSSR count). The van der Waals surface area contributed by atoms with E-state index in [0.717, 1.165) is 5.56 Å². The van der Waals surface area contributed by atoms with Crippen LogP contribution < -0.4 is 4.90 Å². The highest BCUT2D eigenvalue weighted by Crippen LogP contribution is 2.52. The first-order chi connectivity index (χ1) is 11.4. The van der Waals surface area contributed by atoms with Crippen LogP contribution in [0.2, 0.25) is 0 Å². The predicted octanol–water partition coefficient (Wildman–Crippen LogP) is 1.37. The summed E-state index contributed by atoms with van der Waals surface area (Å²) in [5.74, 6) is -2.21. The number of aryl methyl sites for hydroxylation is 1. The van der Waals surface area contributed by atoms with Crippen molar-refractivity contribution in [2.75, 3.05) is 11.5 Å². The van der Waals surface area contributed by atoms with Gasteiger partial charge >= 0.3 is 5.97 Å². The highest BCUT2D eigenvalue weighted by atomic mass is 16.6. The van der Waals surface area contributed by atoms with Crippen molar-refractivity contribution >= 4 is 23.5 Å². The molecular formula is C18H17NO5. The summed E-state index contributed by atoms with van der Waals surface area (Å²) in [5.41, 5.74) is 0.505. The lowest BCUT2D eigenvalue weighted by Gasteiger charge is -2.28. The molecule has 0 radical (unpaired) electrons. The Hall–Kier alpha value is -2.47. The molecule has 0 spiro atoms. The second kappa shape index (κ2) is 5.01. The van der Waals surface area contributed by atoms with Gasteiger partial charge in [-0.15, -0.1) is 0 Å². The number of imide groups is 1. The van der Waals surface area contributed by atoms with Gasteiger partial charge in [-0.05, 0) is 30.7 Å². The third kappa shape index (κ3) is 1.96. The van der Waals surface area contributed by atoms with Gasteiger partial charge in [0.15, 0.2) is 0 Å². The van der Waals surface area contributed by atoms with Crippen LogP contribution in [0.1, 0.15) is 12.5 Å². The van der Waals surface area contributed by atoms with E-state index in [9.17, 15) is 14.4 Å². The Bertz CT molecular complexity index is 785. The number of carbonyl (C=O) groups is 3. The van der Waals surface area contributed by atoms with Gasteiger partial charge in [0.1, 0.15) is 12.2 Å². The SMILES string of the molecule is CC(=O)OC[C@@]12C=C[C@@H](O1)[C@H]1C(=O)N(c3cccc(C)c3)C(=O)[C@@H]12. The normalized spacial score (nSPS) is 33.2. The maximum absolute atomic E-state index is 13.0. The molecule has 3 aliphatic rings. The number of hydrogen-bond acceptors (Lipinski definition) is 5. The maximum Gasteiger partial charge on any atom is 0.302 e. The summed E-state index contributed by atoms with van der Waals surface area (Å²) >= 11 is 0. The summed E-state index contributed by atoms with van der Waals surface area (Å²) in [5, 5.41) is 0. The molecule has 2 saturated heterocycles. The third-order valence-corrected chi connectivity index (χ3v) is 4.92. The van der Waals surface area contributed by atoms with Crippen LogP contribution in [-0.4, -0.2) is 36.1 Å². The molecule has 4 atom stereocenters. The number of rotatable bonds is 3. The van der Waals surface area contributed by atoms with Crippen LogP contribution in [0.15, 0.2) is 36.4 Å². The lowest BCUT2D eigenvalue weighted by Crippen LogP contribution is -2.44. The van der Waals surface area contributed by atoms with E-state index in [2.05, 4.69) is 0 Å². The van der Waals surface area contributed by atoms with E-state index in [0.29, 0.717) is 5.69 Å². The van der Waals surface area contributed by atoms with Gasteiger partial charge in [0.25, 0.3) is 0 Å². The number of hydrogen-bond donors (Lipinski definition) is 0. The number of amides is 2. The number of esters is 1. The number of nitrogens with zero attached hydrogens (tertiary/aromatic N) is 1. The maximum atomic E-state index is 13.0. The molecule has 3 aliphatic heterocycles. The molecule has 0 aromatic heterocycles. The topological polar surface area (TPSA) is 72.9 Å². The zero-order chi connectivity index (χ0) is 17.1. The molecule has 6 nitrogen and oxygen atoms in total. The van der Waals surface area contributed by atoms with Crippen molar-refractivity contribution in [3.05, 3.63) is 42.0 Å². The molecule has 2 amide bonds. The molecule has 1 aromatic rings. The Morgan fingerprint density at radius 3 is 2.83 bits per heavy atom. The summed E-state index contributed by atoms with van der Waals surface area (Å²) in [4.78, 5) is 38.3. The van der Waals surface area contributed by atoms with Gasteiger partial charge in [-0.1, -0.05) is 18.2 Å². The number of fused-ring (bicyclic) bond motifs is 5. The second-order valence-electron chi connectivity index (χ2n) is 6.53. The van der Waals surface area contributed by atoms with E-state index in [-0.39, 0.29) is 18.4 Å². The minimum Gasteiger partial charge on any atom is -0.462 e. The summed E-state index contributed by atoms with van der Waals surface area (Å²) in [7, 11) is 0. The Labute approximate surface area is 139 Å². The Balaban J connectivity index is 1.70. The summed E-state index contributed by atoms with van der Waals surface area (Å²) in [6.07, 6.45) is 3.10. The first kappa shape index (κ1) is 15.1. The molecule has 2 bridgehead atoms. The highest BCUT2D eigenvalue weighted by molar-refractivity contribution is 6.23. The Morgan fingerprint density at radius 1 is 1.33 bits per heavy atom. The average Bonchev–Trinajstić information content (AvgIpc) is 3.16. The van der Waals surface area contributed by atoms with Crippen LogP contribution in [0, 0.1) is 18.8 Å². The van der Waals surface area contributed by atoms with Gasteiger partial charge in [0.05, 0.1) is 23.6 Å². The molecule has 3 heterocycles. The van der Waals surface area contributed by atoms with Crippen molar-refractivity contribution < 1.29 is 23.9 Å². The van der Waals surface area contributed by atoms with Crippen LogP contribution in [0.25, 0.3) is 0 Å². The van der Waals surface area contributed by atoms with Gasteiger partial charge < -0.3 is 9.47 Å². The van der Waals surface area contributed by atoms with Crippen molar-refractivity contribution in [3.63, 3.8) is 0 Å². The average molecular weight is 327 g/mol. The lowest BCUT2D eigenvalue weighted by atomic mass is 9.77. The zero-order valence-electron chi connectivity index (χ0n) is 13.4. The molecule has 0 N–H and O–H groups in total. The van der Waals surface area contributed by atoms with Crippen molar-refractivity contribution in [2.24, 2.45) is 11.8 Å². The van der Waals surface area contributed by atoms with Gasteiger partial charge in [-0.25, -0.2) is 4.90 Å². The molecule has 6 heteroatoms. The minimum atomic E-state index is -1.04. The monoisotopic (exact) mass is 327 g/mol. The molecule has 1 aromatic carbocycles. The molecular weight excluding hydrogens is 310 g/mol. The third-order valence-electron chi connectivity index (χ3n) is 4.92. The van der Waals surface area contributed by atoms with Crippen LogP contribution in [-0.2, 0) is 23.9 Å². The van der Waals surface area contributed by atoms with E-state index in [1.54, 1.807) is 18.2 Å². The molecule has 0 saturated carbocycles. The standard InChI is InChI=1S/C18H17NO5/c1-10-4-3-5-12(8-10)19-16(21)14-13-6-7-18(24-13,9-23-11(2)20)15(14)17(19)22/h3-8,13-15H,9H2,1-2H3/t13-,14-,15-,18-/m1/s1. The molecule has 2 fully saturated rings. The van der Waals surface area contributed by atoms with Crippen molar-refractivity contribution in [1.82, 2.24) is 0 Å². The number of benzene rings is 1. The highest BCUT2D eigenvalue weighted by Gasteiger charge is 2.68. The van der Waals surface area contributed by atoms with Crippen LogP contribution in [0.4, 0.5) is 5.69 Å². The first-order valence-corrected chi connectivity index (χ1v) is 7.88. The van der Waals surface area contributed by atoms with Crippen LogP contribution in [0.3, 0.4) is 0 Å². The summed E-state index contributed by atoms with van der Waals surface area (Å²) in [6.45, 7) is 3.16. The fraction of sp³-hybridized carbons (Fsp3) is 0.389. The number of anilines is 1. The summed E-state index contributed by atoms with van der Waals surface area (Å²) in [6, 6.07) is 7.29. The lowest BCUT2D eigenvalue weighted by molar-refractivity contribution is -0.150. The number of carbonyl (C=O) groups excluding carboxylic acids is 3. The molecule has 0 aliphatic carbocycles. The number of ether oxygens (including phenoxy) is 2. The minimum absolute atomic E-state index is 0.0584. The molecule has 0 unspecified atom stereocenters. The fourth-order valence-electron chi connectivity index (χ4n) is 3.90. The van der Waals surface area contributed by atoms with E-state index in [1.165, 1.54) is 11.8 Å². The van der Waals surface area contributed by atoms with Gasteiger partial charge in [-0.3, -0.25) is 14.4 Å². The van der Waals surface area contributed by atoms with Crippen LogP contribution in [0.5, 0.6) is 0 Å². The van der Waals surface area contributed by atoms with Gasteiger partial charge in [-0.2, -0.15) is 0 Å². The molecule has 24 heavy (non-hydrogen) atoms. The van der Waals surface area contributed by atoms with Crippen molar-refractivity contribution in [2.45, 2.75) is 25.6 Å². The smallest absolute Gasteiger partial charge is 0.302 e. The largest absolute Gasteiger partial charge is 0.462 e. The predicted molar refractivity (Wildman–Crippen MR) is 84.0 cm³/mol. The Kier molecular flexibility index (Phi) is 3.15. The Morgan fingerprint density at radius 2 is 2.12 bits per heavy atom. The van der Waals surface area contributed by atoms with Crippen molar-refractivity contribution in [1.29, 1.82) is 0 Å². The van der Waals surface area contributed by atoms with E-state index >= 15 is 0 Å². The van der Waals surface area contributed by atoms with Crippen LogP contribution >= 0.6 is 0 Å². The second-order valence-corrected chi connectivity index (χ2v) is 6.53. The van der Waals surface area contributed by atoms with Gasteiger partial charge in [0.2, 0.25) is 11.8 Å². The quantitative estimate of drug-likeness (QED) is 0.476. The van der Waals surface area contributed by atoms with E-state index in [1.807, 2.05) is 25.1 Å². The van der Waals surface area contributed by atoms with E-state index < -0.39 is 29.5 Å². The zero-order valence-corrected chi connectivity index (χ0v) is 13.4.